The van der Waals surface area contributed by atoms with E-state index in [2.05, 4.69) is 0 Å². The fourth-order valence-electron chi connectivity index (χ4n) is 0.230. The number of hydrogen-bond donors (Lipinski definition) is 0. The van der Waals surface area contributed by atoms with Crippen molar-refractivity contribution in [2.75, 3.05) is 0 Å². The highest BCUT2D eigenvalue weighted by atomic mass is 31.1. The molecule has 0 spiro atoms. The van der Waals surface area contributed by atoms with Crippen molar-refractivity contribution in [1.29, 1.82) is 0 Å². The summed E-state index contributed by atoms with van der Waals surface area (Å²) in [5.41, 5.74) is 0. The van der Waals surface area contributed by atoms with Gasteiger partial charge in [0, 0.05) is 0 Å². The van der Waals surface area contributed by atoms with E-state index in [0.29, 0.717) is 0 Å². The van der Waals surface area contributed by atoms with Crippen molar-refractivity contribution in [1.82, 2.24) is 0 Å². The van der Waals surface area contributed by atoms with Gasteiger partial charge in [-0.1, -0.05) is 13.8 Å². The third-order valence-electron chi connectivity index (χ3n) is 0.716. The first-order valence-electron chi connectivity index (χ1n) is 2.17. The Morgan fingerprint density at radius 3 is 1.62 bits per heavy atom. The van der Waals surface area contributed by atoms with Crippen molar-refractivity contribution in [3.05, 3.63) is 5.92 Å². The molecule has 4 heteroatoms. The van der Waals surface area contributed by atoms with Crippen LogP contribution in [0, 0.1) is 5.92 Å². The standard InChI is InChI=1S/C4H7O2P2/c1-3(2)4(7-5)8-6/h4H,1-2H3. The maximum absolute atomic E-state index is 10.0. The Kier molecular flexibility index (Phi) is 4.22. The predicted octanol–water partition coefficient (Wildman–Crippen LogP) is 2.51. The minimum atomic E-state index is -0.296. The molecule has 0 N–H and O–H groups in total. The summed E-state index contributed by atoms with van der Waals surface area (Å²) in [5, 5.41) is -0.296. The largest absolute Gasteiger partial charge is 0.274 e. The molecule has 0 atom stereocenters. The second-order valence-corrected chi connectivity index (χ2v) is 3.52. The maximum Gasteiger partial charge on any atom is 0.171 e. The van der Waals surface area contributed by atoms with E-state index in [1.54, 1.807) is 13.8 Å². The molecule has 0 aliphatic heterocycles. The van der Waals surface area contributed by atoms with Crippen molar-refractivity contribution < 1.29 is 9.13 Å². The average Bonchev–Trinajstić information content (AvgIpc) is 1.69. The molecule has 0 aromatic carbocycles. The molecule has 0 heterocycles. The van der Waals surface area contributed by atoms with E-state index >= 15 is 0 Å². The summed E-state index contributed by atoms with van der Waals surface area (Å²) in [6, 6.07) is 0. The molecule has 0 aliphatic carbocycles. The maximum atomic E-state index is 10.0. The van der Waals surface area contributed by atoms with E-state index in [9.17, 15) is 9.13 Å². The lowest BCUT2D eigenvalue weighted by Gasteiger charge is -1.99. The van der Waals surface area contributed by atoms with Gasteiger partial charge >= 0.3 is 0 Å². The van der Waals surface area contributed by atoms with Crippen LogP contribution in [0.1, 0.15) is 13.8 Å². The Labute approximate surface area is 52.1 Å². The highest BCUT2D eigenvalue weighted by molar-refractivity contribution is 7.45. The first-order chi connectivity index (χ1) is 3.72. The van der Waals surface area contributed by atoms with Gasteiger partial charge in [-0.3, -0.25) is 9.13 Å². The van der Waals surface area contributed by atoms with Crippen LogP contribution in [0.15, 0.2) is 0 Å². The van der Waals surface area contributed by atoms with Crippen molar-refractivity contribution in [2.45, 2.75) is 19.2 Å². The first kappa shape index (κ1) is 8.20. The molecule has 0 bridgehead atoms. The summed E-state index contributed by atoms with van der Waals surface area (Å²) in [7, 11) is -0.117. The van der Waals surface area contributed by atoms with Crippen LogP contribution in [0.5, 0.6) is 0 Å². The summed E-state index contributed by atoms with van der Waals surface area (Å²) in [6.45, 7) is 3.61. The van der Waals surface area contributed by atoms with Crippen LogP contribution in [-0.2, 0) is 9.13 Å². The zero-order chi connectivity index (χ0) is 6.57. The molecule has 0 rings (SSSR count). The van der Waals surface area contributed by atoms with E-state index < -0.39 is 0 Å². The lowest BCUT2D eigenvalue weighted by molar-refractivity contribution is 0.588. The zero-order valence-corrected chi connectivity index (χ0v) is 6.58. The molecule has 0 saturated carbocycles. The van der Waals surface area contributed by atoms with E-state index in [1.165, 1.54) is 0 Å². The van der Waals surface area contributed by atoms with Gasteiger partial charge in [-0.15, -0.1) is 0 Å². The van der Waals surface area contributed by atoms with Gasteiger partial charge in [-0.2, -0.15) is 0 Å². The second-order valence-electron chi connectivity index (χ2n) is 1.66. The van der Waals surface area contributed by atoms with Crippen molar-refractivity contribution in [2.24, 2.45) is 0 Å². The van der Waals surface area contributed by atoms with Gasteiger partial charge in [0.05, 0.1) is 0 Å². The van der Waals surface area contributed by atoms with Gasteiger partial charge in [-0.05, 0) is 5.92 Å². The quantitative estimate of drug-likeness (QED) is 0.577. The average molecular weight is 149 g/mol. The van der Waals surface area contributed by atoms with Crippen molar-refractivity contribution in [3.8, 4) is 0 Å². The van der Waals surface area contributed by atoms with Crippen molar-refractivity contribution >= 4 is 16.9 Å². The molecule has 8 heavy (non-hydrogen) atoms. The Hall–Kier alpha value is 0.200. The predicted molar refractivity (Wildman–Crippen MR) is 33.6 cm³/mol. The van der Waals surface area contributed by atoms with Gasteiger partial charge in [0.25, 0.3) is 0 Å². The molecular weight excluding hydrogens is 142 g/mol. The molecule has 45 valence electrons. The summed E-state index contributed by atoms with van der Waals surface area (Å²) < 4.78 is 20.1. The molecule has 2 nitrogen and oxygen atoms in total. The second kappa shape index (κ2) is 4.12. The van der Waals surface area contributed by atoms with Crippen LogP contribution >= 0.6 is 16.9 Å². The molecule has 0 saturated heterocycles. The SMILES string of the molecule is C[C](C)C(P=O)P=O. The molecule has 0 unspecified atom stereocenters. The van der Waals surface area contributed by atoms with E-state index in [0.717, 1.165) is 5.92 Å². The van der Waals surface area contributed by atoms with Crippen LogP contribution in [0.2, 0.25) is 0 Å². The van der Waals surface area contributed by atoms with Crippen molar-refractivity contribution in [3.63, 3.8) is 0 Å². The van der Waals surface area contributed by atoms with Gasteiger partial charge < -0.3 is 0 Å². The molecule has 0 amide bonds. The molecule has 0 aromatic rings. The van der Waals surface area contributed by atoms with Gasteiger partial charge in [0.2, 0.25) is 0 Å². The Morgan fingerprint density at radius 1 is 1.25 bits per heavy atom. The Morgan fingerprint density at radius 2 is 1.62 bits per heavy atom. The lowest BCUT2D eigenvalue weighted by Crippen LogP contribution is -1.94. The van der Waals surface area contributed by atoms with Gasteiger partial charge in [-0.25, -0.2) is 0 Å². The van der Waals surface area contributed by atoms with E-state index in [4.69, 9.17) is 0 Å². The third kappa shape index (κ3) is 2.49. The Balaban J connectivity index is 3.68. The van der Waals surface area contributed by atoms with Crippen LogP contribution < -0.4 is 0 Å². The minimum absolute atomic E-state index is 0.0583. The van der Waals surface area contributed by atoms with E-state index in [1.807, 2.05) is 0 Å². The highest BCUT2D eigenvalue weighted by Gasteiger charge is 2.12. The summed E-state index contributed by atoms with van der Waals surface area (Å²) in [4.78, 5) is 0. The molecule has 0 aromatic heterocycles. The number of rotatable bonds is 3. The van der Waals surface area contributed by atoms with Crippen LogP contribution in [0.25, 0.3) is 0 Å². The van der Waals surface area contributed by atoms with Crippen LogP contribution in [-0.4, -0.2) is 5.40 Å². The summed E-state index contributed by atoms with van der Waals surface area (Å²) in [5.74, 6) is 0.929. The third-order valence-corrected chi connectivity index (χ3v) is 2.71. The molecule has 0 fully saturated rings. The lowest BCUT2D eigenvalue weighted by atomic mass is 10.3. The van der Waals surface area contributed by atoms with E-state index in [-0.39, 0.29) is 22.3 Å². The fourth-order valence-corrected chi connectivity index (χ4v) is 0.806. The van der Waals surface area contributed by atoms with Crippen LogP contribution in [0.3, 0.4) is 0 Å². The summed E-state index contributed by atoms with van der Waals surface area (Å²) >= 11 is 0. The highest BCUT2D eigenvalue weighted by Crippen LogP contribution is 2.27. The summed E-state index contributed by atoms with van der Waals surface area (Å²) in [6.07, 6.45) is 0. The van der Waals surface area contributed by atoms with Gasteiger partial charge in [0.15, 0.2) is 16.9 Å². The smallest absolute Gasteiger partial charge is 0.171 e. The molecular formula is C4H7O2P2. The topological polar surface area (TPSA) is 34.1 Å². The normalized spacial score (nSPS) is 15.4. The Bertz CT molecular complexity index is 84.0. The molecule has 1 radical (unpaired) electrons. The monoisotopic (exact) mass is 149 g/mol. The minimum Gasteiger partial charge on any atom is -0.274 e. The van der Waals surface area contributed by atoms with Gasteiger partial charge in [0.1, 0.15) is 5.40 Å². The fraction of sp³-hybridized carbons (Fsp3) is 0.750. The number of hydrogen-bond acceptors (Lipinski definition) is 2. The first-order valence-corrected chi connectivity index (χ1v) is 3.93. The van der Waals surface area contributed by atoms with Crippen LogP contribution in [0.4, 0.5) is 0 Å². The molecule has 0 aliphatic rings. The zero-order valence-electron chi connectivity index (χ0n) is 4.79.